The number of hydrogen-bond donors (Lipinski definition) is 0. The number of aromatic nitrogens is 1. The summed E-state index contributed by atoms with van der Waals surface area (Å²) in [5, 5.41) is 2.87. The summed E-state index contributed by atoms with van der Waals surface area (Å²) in [6.07, 6.45) is 4.79. The average Bonchev–Trinajstić information content (AvgIpc) is 3.16. The van der Waals surface area contributed by atoms with Gasteiger partial charge in [0.25, 0.3) is 5.91 Å². The molecule has 0 aromatic carbocycles. The van der Waals surface area contributed by atoms with Crippen LogP contribution in [0.3, 0.4) is 0 Å². The molecule has 2 fully saturated rings. The van der Waals surface area contributed by atoms with Crippen LogP contribution in [0.1, 0.15) is 48.1 Å². The fraction of sp³-hybridized carbons (Fsp3) is 0.733. The molecule has 5 heteroatoms. The van der Waals surface area contributed by atoms with Gasteiger partial charge in [0, 0.05) is 24.0 Å². The number of carbonyl (C=O) groups is 1. The van der Waals surface area contributed by atoms with E-state index in [0.717, 1.165) is 30.9 Å². The highest BCUT2D eigenvalue weighted by atomic mass is 32.1. The number of nitrogens with zero attached hydrogens (tertiary/aromatic N) is 3. The molecule has 20 heavy (non-hydrogen) atoms. The zero-order valence-corrected chi connectivity index (χ0v) is 13.2. The number of carbonyl (C=O) groups excluding carboxylic acids is 1. The normalized spacial score (nSPS) is 27.4. The SMILES string of the molecule is CCN1CCC[C@H]1[C@H]1CCCN1C(=O)c1csc(C)n1. The second-order valence-electron chi connectivity index (χ2n) is 5.80. The highest BCUT2D eigenvalue weighted by Crippen LogP contribution is 2.30. The van der Waals surface area contributed by atoms with E-state index in [0.29, 0.717) is 17.8 Å². The first-order valence-corrected chi connectivity index (χ1v) is 8.56. The Labute approximate surface area is 124 Å². The fourth-order valence-corrected chi connectivity index (χ4v) is 4.32. The van der Waals surface area contributed by atoms with Crippen LogP contribution in [0.15, 0.2) is 5.38 Å². The largest absolute Gasteiger partial charge is 0.333 e. The van der Waals surface area contributed by atoms with Crippen LogP contribution in [0.25, 0.3) is 0 Å². The van der Waals surface area contributed by atoms with Gasteiger partial charge in [0.15, 0.2) is 0 Å². The van der Waals surface area contributed by atoms with Crippen LogP contribution in [0.2, 0.25) is 0 Å². The molecule has 2 aliphatic heterocycles. The van der Waals surface area contributed by atoms with Gasteiger partial charge < -0.3 is 4.90 Å². The maximum atomic E-state index is 12.7. The van der Waals surface area contributed by atoms with Crippen LogP contribution in [-0.2, 0) is 0 Å². The summed E-state index contributed by atoms with van der Waals surface area (Å²) in [6, 6.07) is 0.957. The van der Waals surface area contributed by atoms with Crippen LogP contribution in [0.5, 0.6) is 0 Å². The van der Waals surface area contributed by atoms with Gasteiger partial charge in [-0.15, -0.1) is 11.3 Å². The summed E-state index contributed by atoms with van der Waals surface area (Å²) >= 11 is 1.56. The number of hydrogen-bond acceptors (Lipinski definition) is 4. The van der Waals surface area contributed by atoms with Crippen molar-refractivity contribution in [2.45, 2.75) is 51.6 Å². The molecule has 0 spiro atoms. The lowest BCUT2D eigenvalue weighted by Gasteiger charge is -2.34. The Hall–Kier alpha value is -0.940. The van der Waals surface area contributed by atoms with Crippen molar-refractivity contribution in [2.75, 3.05) is 19.6 Å². The number of rotatable bonds is 3. The van der Waals surface area contributed by atoms with E-state index in [1.54, 1.807) is 11.3 Å². The third kappa shape index (κ3) is 2.49. The van der Waals surface area contributed by atoms with E-state index in [1.165, 1.54) is 19.4 Å². The van der Waals surface area contributed by atoms with Crippen molar-refractivity contribution < 1.29 is 4.79 Å². The van der Waals surface area contributed by atoms with Gasteiger partial charge in [-0.1, -0.05) is 6.92 Å². The monoisotopic (exact) mass is 293 g/mol. The standard InChI is InChI=1S/C15H23N3OS/c1-3-17-8-4-6-13(17)14-7-5-9-18(14)15(19)12-10-20-11(2)16-12/h10,13-14H,3-9H2,1-2H3/t13-,14+/m0/s1. The molecule has 2 aliphatic rings. The average molecular weight is 293 g/mol. The van der Waals surface area contributed by atoms with Gasteiger partial charge >= 0.3 is 0 Å². The summed E-state index contributed by atoms with van der Waals surface area (Å²) in [5.74, 6) is 0.139. The van der Waals surface area contributed by atoms with Crippen molar-refractivity contribution in [1.82, 2.24) is 14.8 Å². The molecule has 0 radical (unpaired) electrons. The first-order valence-electron chi connectivity index (χ1n) is 7.68. The lowest BCUT2D eigenvalue weighted by atomic mass is 10.0. The topological polar surface area (TPSA) is 36.4 Å². The smallest absolute Gasteiger partial charge is 0.273 e. The minimum atomic E-state index is 0.139. The fourth-order valence-electron chi connectivity index (χ4n) is 3.73. The predicted octanol–water partition coefficient (Wildman–Crippen LogP) is 2.54. The molecular weight excluding hydrogens is 270 g/mol. The van der Waals surface area contributed by atoms with Crippen molar-refractivity contribution in [3.8, 4) is 0 Å². The molecule has 1 aromatic rings. The molecule has 110 valence electrons. The van der Waals surface area contributed by atoms with Gasteiger partial charge in [-0.25, -0.2) is 4.98 Å². The van der Waals surface area contributed by atoms with Gasteiger partial charge in [0.2, 0.25) is 0 Å². The molecule has 3 rings (SSSR count). The Morgan fingerprint density at radius 3 is 2.80 bits per heavy atom. The van der Waals surface area contributed by atoms with Gasteiger partial charge in [-0.2, -0.15) is 0 Å². The Morgan fingerprint density at radius 1 is 1.35 bits per heavy atom. The van der Waals surface area contributed by atoms with Crippen LogP contribution < -0.4 is 0 Å². The first kappa shape index (κ1) is 14.0. The Balaban J connectivity index is 1.77. The molecular formula is C15H23N3OS. The van der Waals surface area contributed by atoms with Crippen molar-refractivity contribution in [2.24, 2.45) is 0 Å². The zero-order valence-electron chi connectivity index (χ0n) is 12.3. The first-order chi connectivity index (χ1) is 9.70. The van der Waals surface area contributed by atoms with Crippen LogP contribution >= 0.6 is 11.3 Å². The molecule has 0 aliphatic carbocycles. The van der Waals surface area contributed by atoms with E-state index >= 15 is 0 Å². The third-order valence-corrected chi connectivity index (χ3v) is 5.44. The molecule has 3 heterocycles. The van der Waals surface area contributed by atoms with Crippen molar-refractivity contribution in [3.05, 3.63) is 16.1 Å². The number of aryl methyl sites for hydroxylation is 1. The number of amides is 1. The molecule has 0 unspecified atom stereocenters. The van der Waals surface area contributed by atoms with E-state index in [2.05, 4.69) is 21.7 Å². The number of thiazole rings is 1. The Kier molecular flexibility index (Phi) is 4.08. The van der Waals surface area contributed by atoms with E-state index in [1.807, 2.05) is 12.3 Å². The van der Waals surface area contributed by atoms with Crippen molar-refractivity contribution in [3.63, 3.8) is 0 Å². The van der Waals surface area contributed by atoms with Gasteiger partial charge in [0.1, 0.15) is 5.69 Å². The molecule has 2 atom stereocenters. The maximum absolute atomic E-state index is 12.7. The van der Waals surface area contributed by atoms with E-state index in [9.17, 15) is 4.79 Å². The Bertz CT molecular complexity index is 487. The van der Waals surface area contributed by atoms with Crippen molar-refractivity contribution in [1.29, 1.82) is 0 Å². The minimum Gasteiger partial charge on any atom is -0.333 e. The summed E-state index contributed by atoms with van der Waals surface area (Å²) in [5.41, 5.74) is 0.639. The van der Waals surface area contributed by atoms with E-state index in [4.69, 9.17) is 0 Å². The maximum Gasteiger partial charge on any atom is 0.273 e. The number of likely N-dealkylation sites (N-methyl/N-ethyl adjacent to an activating group) is 1. The van der Waals surface area contributed by atoms with Crippen molar-refractivity contribution >= 4 is 17.2 Å². The molecule has 0 bridgehead atoms. The van der Waals surface area contributed by atoms with E-state index < -0.39 is 0 Å². The molecule has 1 aromatic heterocycles. The predicted molar refractivity (Wildman–Crippen MR) is 81.2 cm³/mol. The van der Waals surface area contributed by atoms with Gasteiger partial charge in [-0.05, 0) is 45.7 Å². The minimum absolute atomic E-state index is 0.139. The zero-order chi connectivity index (χ0) is 14.1. The van der Waals surface area contributed by atoms with Crippen LogP contribution in [-0.4, -0.2) is 52.4 Å². The summed E-state index contributed by atoms with van der Waals surface area (Å²) in [4.78, 5) is 21.7. The van der Waals surface area contributed by atoms with Crippen LogP contribution in [0, 0.1) is 6.92 Å². The molecule has 4 nitrogen and oxygen atoms in total. The second-order valence-corrected chi connectivity index (χ2v) is 6.86. The second kappa shape index (κ2) is 5.82. The van der Waals surface area contributed by atoms with Crippen LogP contribution in [0.4, 0.5) is 0 Å². The quantitative estimate of drug-likeness (QED) is 0.859. The summed E-state index contributed by atoms with van der Waals surface area (Å²) < 4.78 is 0. The van der Waals surface area contributed by atoms with Gasteiger partial charge in [-0.3, -0.25) is 9.69 Å². The molecule has 1 amide bonds. The Morgan fingerprint density at radius 2 is 2.10 bits per heavy atom. The van der Waals surface area contributed by atoms with Gasteiger partial charge in [0.05, 0.1) is 5.01 Å². The highest BCUT2D eigenvalue weighted by molar-refractivity contribution is 7.09. The van der Waals surface area contributed by atoms with E-state index in [-0.39, 0.29) is 5.91 Å². The highest BCUT2D eigenvalue weighted by Gasteiger charge is 2.39. The third-order valence-electron chi connectivity index (χ3n) is 4.66. The summed E-state index contributed by atoms with van der Waals surface area (Å²) in [7, 11) is 0. The molecule has 2 saturated heterocycles. The summed E-state index contributed by atoms with van der Waals surface area (Å²) in [6.45, 7) is 7.37. The number of likely N-dealkylation sites (tertiary alicyclic amines) is 2. The molecule has 0 saturated carbocycles. The lowest BCUT2D eigenvalue weighted by molar-refractivity contribution is 0.0645. The lowest BCUT2D eigenvalue weighted by Crippen LogP contribution is -2.48. The molecule has 0 N–H and O–H groups in total.